The second kappa shape index (κ2) is 11.6. The first-order valence-corrected chi connectivity index (χ1v) is 12.5. The van der Waals surface area contributed by atoms with Crippen LogP contribution < -0.4 is 25.2 Å². The topological polar surface area (TPSA) is 83.1 Å². The molecule has 4 rings (SSSR count). The Kier molecular flexibility index (Phi) is 8.36. The van der Waals surface area contributed by atoms with Crippen LogP contribution in [0.15, 0.2) is 42.5 Å². The van der Waals surface area contributed by atoms with Crippen molar-refractivity contribution in [1.82, 2.24) is 5.32 Å². The Morgan fingerprint density at radius 1 is 1.11 bits per heavy atom. The van der Waals surface area contributed by atoms with Gasteiger partial charge in [-0.1, -0.05) is 12.1 Å². The predicted molar refractivity (Wildman–Crippen MR) is 139 cm³/mol. The van der Waals surface area contributed by atoms with Gasteiger partial charge in [-0.05, 0) is 50.1 Å². The van der Waals surface area contributed by atoms with E-state index in [4.69, 9.17) is 21.1 Å². The van der Waals surface area contributed by atoms with E-state index in [9.17, 15) is 9.59 Å². The summed E-state index contributed by atoms with van der Waals surface area (Å²) in [7, 11) is 1.68. The molecule has 2 heterocycles. The maximum absolute atomic E-state index is 13.2. The first-order chi connectivity index (χ1) is 17.0. The minimum Gasteiger partial charge on any atom is -0.495 e. The zero-order valence-electron chi connectivity index (χ0n) is 20.3. The summed E-state index contributed by atoms with van der Waals surface area (Å²) in [6, 6.07) is 13.4. The van der Waals surface area contributed by atoms with Gasteiger partial charge in [-0.25, -0.2) is 0 Å². The summed E-state index contributed by atoms with van der Waals surface area (Å²) in [5.41, 5.74) is 2.97. The number of nitrogens with one attached hydrogen (secondary N) is 2. The zero-order valence-corrected chi connectivity index (χ0v) is 21.0. The molecule has 2 N–H and O–H groups in total. The monoisotopic (exact) mass is 500 g/mol. The van der Waals surface area contributed by atoms with Gasteiger partial charge in [-0.3, -0.25) is 9.59 Å². The van der Waals surface area contributed by atoms with Crippen molar-refractivity contribution in [3.05, 3.63) is 48.0 Å². The number of amides is 2. The molecule has 0 radical (unpaired) electrons. The highest BCUT2D eigenvalue weighted by Crippen LogP contribution is 2.31. The number of carbonyl (C=O) groups is 2. The van der Waals surface area contributed by atoms with Crippen LogP contribution in [0.2, 0.25) is 0 Å². The molecule has 0 spiro atoms. The lowest BCUT2D eigenvalue weighted by Crippen LogP contribution is -2.47. The highest BCUT2D eigenvalue weighted by Gasteiger charge is 2.25. The third kappa shape index (κ3) is 6.18. The molecule has 0 aliphatic carbocycles. The van der Waals surface area contributed by atoms with Gasteiger partial charge in [0.05, 0.1) is 24.5 Å². The number of hydrogen-bond donors (Lipinski definition) is 2. The first-order valence-electron chi connectivity index (χ1n) is 12.1. The molecular formula is C26H33ClN4O4. The fourth-order valence-corrected chi connectivity index (χ4v) is 4.55. The Balaban J connectivity index is 1.51. The fraction of sp³-hybridized carbons (Fsp3) is 0.462. The third-order valence-corrected chi connectivity index (χ3v) is 6.63. The van der Waals surface area contributed by atoms with Crippen molar-refractivity contribution in [3.8, 4) is 5.75 Å². The Labute approximate surface area is 211 Å². The molecule has 35 heavy (non-hydrogen) atoms. The average molecular weight is 501 g/mol. The molecule has 188 valence electrons. The molecule has 2 aliphatic heterocycles. The van der Waals surface area contributed by atoms with E-state index in [-0.39, 0.29) is 17.9 Å². The number of para-hydroxylation sites is 2. The van der Waals surface area contributed by atoms with Crippen LogP contribution in [0.4, 0.5) is 17.1 Å². The SMILES string of the molecule is COc1ccccc1N1CCN(c2ccc(NC(=O)C(C)Cl)cc2C(=O)NCC2CCCO2)CC1. The van der Waals surface area contributed by atoms with Gasteiger partial charge in [0.2, 0.25) is 5.91 Å². The van der Waals surface area contributed by atoms with Crippen LogP contribution in [-0.2, 0) is 9.53 Å². The number of nitrogens with zero attached hydrogens (tertiary/aromatic N) is 2. The average Bonchev–Trinajstić information content (AvgIpc) is 3.41. The number of ether oxygens (including phenoxy) is 2. The molecule has 2 aromatic rings. The molecule has 2 unspecified atom stereocenters. The zero-order chi connectivity index (χ0) is 24.8. The van der Waals surface area contributed by atoms with E-state index in [0.717, 1.165) is 62.8 Å². The van der Waals surface area contributed by atoms with Crippen molar-refractivity contribution in [2.45, 2.75) is 31.2 Å². The van der Waals surface area contributed by atoms with Gasteiger partial charge < -0.3 is 29.9 Å². The molecule has 0 bridgehead atoms. The molecule has 9 heteroatoms. The number of carbonyl (C=O) groups excluding carboxylic acids is 2. The van der Waals surface area contributed by atoms with Crippen molar-refractivity contribution in [3.63, 3.8) is 0 Å². The van der Waals surface area contributed by atoms with Crippen LogP contribution in [-0.4, -0.2) is 69.7 Å². The number of hydrogen-bond acceptors (Lipinski definition) is 6. The normalized spacial score (nSPS) is 18.8. The van der Waals surface area contributed by atoms with E-state index in [2.05, 4.69) is 26.5 Å². The van der Waals surface area contributed by atoms with E-state index >= 15 is 0 Å². The summed E-state index contributed by atoms with van der Waals surface area (Å²) in [4.78, 5) is 29.9. The Hall–Kier alpha value is -2.97. The van der Waals surface area contributed by atoms with Crippen molar-refractivity contribution in [2.24, 2.45) is 0 Å². The van der Waals surface area contributed by atoms with Crippen LogP contribution in [0.3, 0.4) is 0 Å². The van der Waals surface area contributed by atoms with E-state index in [1.54, 1.807) is 20.1 Å². The van der Waals surface area contributed by atoms with Crippen LogP contribution in [0.25, 0.3) is 0 Å². The number of halogens is 1. The summed E-state index contributed by atoms with van der Waals surface area (Å²) >= 11 is 5.91. The highest BCUT2D eigenvalue weighted by molar-refractivity contribution is 6.32. The number of methoxy groups -OCH3 is 1. The van der Waals surface area contributed by atoms with Gasteiger partial charge in [-0.2, -0.15) is 0 Å². The summed E-state index contributed by atoms with van der Waals surface area (Å²) in [5.74, 6) is 0.358. The summed E-state index contributed by atoms with van der Waals surface area (Å²) in [6.07, 6.45) is 2.01. The van der Waals surface area contributed by atoms with Crippen molar-refractivity contribution >= 4 is 40.5 Å². The quantitative estimate of drug-likeness (QED) is 0.540. The number of alkyl halides is 1. The molecule has 0 aromatic heterocycles. The molecular weight excluding hydrogens is 468 g/mol. The number of anilines is 3. The van der Waals surface area contributed by atoms with Crippen LogP contribution in [0.1, 0.15) is 30.1 Å². The van der Waals surface area contributed by atoms with E-state index < -0.39 is 5.38 Å². The molecule has 2 saturated heterocycles. The first kappa shape index (κ1) is 25.1. The van der Waals surface area contributed by atoms with Gasteiger partial charge in [0, 0.05) is 50.7 Å². The molecule has 2 fully saturated rings. The predicted octanol–water partition coefficient (Wildman–Crippen LogP) is 3.50. The van der Waals surface area contributed by atoms with Gasteiger partial charge in [-0.15, -0.1) is 11.6 Å². The van der Waals surface area contributed by atoms with E-state index in [1.165, 1.54) is 0 Å². The lowest BCUT2D eigenvalue weighted by molar-refractivity contribution is -0.115. The van der Waals surface area contributed by atoms with Crippen molar-refractivity contribution < 1.29 is 19.1 Å². The van der Waals surface area contributed by atoms with E-state index in [1.807, 2.05) is 30.3 Å². The van der Waals surface area contributed by atoms with Gasteiger partial charge in [0.1, 0.15) is 11.1 Å². The number of piperazine rings is 1. The molecule has 2 atom stereocenters. The van der Waals surface area contributed by atoms with Gasteiger partial charge >= 0.3 is 0 Å². The molecule has 0 saturated carbocycles. The van der Waals surface area contributed by atoms with Crippen molar-refractivity contribution in [2.75, 3.05) is 61.6 Å². The Bertz CT molecular complexity index is 1030. The Morgan fingerprint density at radius 3 is 2.49 bits per heavy atom. The summed E-state index contributed by atoms with van der Waals surface area (Å²) < 4.78 is 11.2. The molecule has 8 nitrogen and oxygen atoms in total. The van der Waals surface area contributed by atoms with Gasteiger partial charge in [0.15, 0.2) is 0 Å². The van der Waals surface area contributed by atoms with Crippen LogP contribution in [0, 0.1) is 0 Å². The standard InChI is InChI=1S/C26H33ClN4O4/c1-18(27)25(32)29-19-9-10-22(21(16-19)26(33)28-17-20-6-5-15-35-20)30-11-13-31(14-12-30)23-7-3-4-8-24(23)34-2/h3-4,7-10,16,18,20H,5-6,11-15,17H2,1-2H3,(H,28,33)(H,29,32). The lowest BCUT2D eigenvalue weighted by atomic mass is 10.1. The lowest BCUT2D eigenvalue weighted by Gasteiger charge is -2.38. The minimum atomic E-state index is -0.672. The second-order valence-corrected chi connectivity index (χ2v) is 9.48. The molecule has 2 aromatic carbocycles. The largest absolute Gasteiger partial charge is 0.495 e. The van der Waals surface area contributed by atoms with E-state index in [0.29, 0.717) is 17.8 Å². The van der Waals surface area contributed by atoms with Crippen molar-refractivity contribution in [1.29, 1.82) is 0 Å². The summed E-state index contributed by atoms with van der Waals surface area (Å²) in [5, 5.41) is 5.13. The molecule has 2 aliphatic rings. The summed E-state index contributed by atoms with van der Waals surface area (Å²) in [6.45, 7) is 5.89. The smallest absolute Gasteiger partial charge is 0.253 e. The second-order valence-electron chi connectivity index (χ2n) is 8.83. The third-order valence-electron chi connectivity index (χ3n) is 6.43. The minimum absolute atomic E-state index is 0.0479. The Morgan fingerprint density at radius 2 is 1.83 bits per heavy atom. The fourth-order valence-electron chi connectivity index (χ4n) is 4.50. The number of rotatable bonds is 8. The molecule has 2 amide bonds. The number of benzene rings is 2. The highest BCUT2D eigenvalue weighted by atomic mass is 35.5. The maximum Gasteiger partial charge on any atom is 0.253 e. The maximum atomic E-state index is 13.2. The van der Waals surface area contributed by atoms with Gasteiger partial charge in [0.25, 0.3) is 5.91 Å². The van der Waals surface area contributed by atoms with Crippen LogP contribution in [0.5, 0.6) is 5.75 Å². The van der Waals surface area contributed by atoms with Crippen LogP contribution >= 0.6 is 11.6 Å².